The summed E-state index contributed by atoms with van der Waals surface area (Å²) in [7, 11) is 0. The Kier molecular flexibility index (Phi) is 3.67. The molecular weight excluding hydrogens is 224 g/mol. The maximum atomic E-state index is 11.9. The van der Waals surface area contributed by atoms with Crippen molar-refractivity contribution in [2.24, 2.45) is 28.8 Å². The average Bonchev–Trinajstić information content (AvgIpc) is 3.02. The van der Waals surface area contributed by atoms with Crippen LogP contribution in [0.25, 0.3) is 0 Å². The van der Waals surface area contributed by atoms with Crippen molar-refractivity contribution < 1.29 is 4.79 Å². The van der Waals surface area contributed by atoms with Crippen LogP contribution >= 0.6 is 0 Å². The molecule has 0 radical (unpaired) electrons. The molecule has 2 bridgehead atoms. The first kappa shape index (κ1) is 12.2. The number of rotatable bonds is 3. The van der Waals surface area contributed by atoms with Crippen LogP contribution in [0.3, 0.4) is 0 Å². The van der Waals surface area contributed by atoms with E-state index in [0.29, 0.717) is 5.92 Å². The van der Waals surface area contributed by atoms with Gasteiger partial charge in [-0.3, -0.25) is 4.79 Å². The molecule has 3 fully saturated rings. The van der Waals surface area contributed by atoms with Gasteiger partial charge in [0, 0.05) is 12.1 Å². The highest BCUT2D eigenvalue weighted by Gasteiger charge is 2.38. The molecule has 3 heteroatoms. The summed E-state index contributed by atoms with van der Waals surface area (Å²) < 4.78 is 0. The molecule has 100 valence electrons. The summed E-state index contributed by atoms with van der Waals surface area (Å²) >= 11 is 0. The first-order valence-corrected chi connectivity index (χ1v) is 7.66. The van der Waals surface area contributed by atoms with E-state index in [4.69, 9.17) is 0 Å². The number of nitrogens with one attached hydrogen (secondary N) is 1. The molecule has 3 atom stereocenters. The molecule has 0 aromatic rings. The van der Waals surface area contributed by atoms with Crippen LogP contribution in [0.1, 0.15) is 57.8 Å². The lowest BCUT2D eigenvalue weighted by Crippen LogP contribution is -2.29. The number of hydrogen-bond donors (Lipinski definition) is 1. The van der Waals surface area contributed by atoms with E-state index in [-0.39, 0.29) is 11.8 Å². The van der Waals surface area contributed by atoms with Gasteiger partial charge in [0.2, 0.25) is 5.91 Å². The molecule has 0 aromatic heterocycles. The normalized spacial score (nSPS) is 36.3. The number of fused-ring (bicyclic) bond motifs is 2. The molecule has 0 heterocycles. The summed E-state index contributed by atoms with van der Waals surface area (Å²) in [5, 5.41) is 4.22. The monoisotopic (exact) mass is 248 g/mol. The van der Waals surface area contributed by atoms with Crippen LogP contribution in [-0.4, -0.2) is 12.1 Å². The zero-order chi connectivity index (χ0) is 12.4. The van der Waals surface area contributed by atoms with Crippen LogP contribution in [0.4, 0.5) is 0 Å². The van der Waals surface area contributed by atoms with Crippen LogP contribution in [0.2, 0.25) is 0 Å². The van der Waals surface area contributed by atoms with E-state index in [1.807, 2.05) is 6.21 Å². The zero-order valence-electron chi connectivity index (χ0n) is 11.1. The predicted molar refractivity (Wildman–Crippen MR) is 72.1 cm³/mol. The number of carbonyl (C=O) groups excluding carboxylic acids is 1. The van der Waals surface area contributed by atoms with Crippen molar-refractivity contribution in [3.8, 4) is 0 Å². The van der Waals surface area contributed by atoms with Crippen molar-refractivity contribution in [2.45, 2.75) is 57.8 Å². The molecule has 18 heavy (non-hydrogen) atoms. The van der Waals surface area contributed by atoms with Crippen molar-refractivity contribution in [2.75, 3.05) is 0 Å². The van der Waals surface area contributed by atoms with Gasteiger partial charge in [-0.05, 0) is 49.9 Å². The molecule has 1 N–H and O–H groups in total. The van der Waals surface area contributed by atoms with Gasteiger partial charge >= 0.3 is 0 Å². The summed E-state index contributed by atoms with van der Waals surface area (Å²) in [5.74, 6) is 2.80. The molecule has 0 aromatic carbocycles. The van der Waals surface area contributed by atoms with Crippen molar-refractivity contribution in [3.05, 3.63) is 0 Å². The van der Waals surface area contributed by atoms with Gasteiger partial charge in [-0.25, -0.2) is 5.43 Å². The highest BCUT2D eigenvalue weighted by atomic mass is 16.2. The van der Waals surface area contributed by atoms with Crippen LogP contribution in [-0.2, 0) is 4.79 Å². The van der Waals surface area contributed by atoms with E-state index in [0.717, 1.165) is 24.7 Å². The third-order valence-corrected chi connectivity index (χ3v) is 5.21. The molecule has 3 saturated carbocycles. The second-order valence-electron chi connectivity index (χ2n) is 6.43. The lowest BCUT2D eigenvalue weighted by atomic mass is 9.89. The van der Waals surface area contributed by atoms with Gasteiger partial charge in [0.15, 0.2) is 0 Å². The van der Waals surface area contributed by atoms with Crippen molar-refractivity contribution in [3.63, 3.8) is 0 Å². The largest absolute Gasteiger partial charge is 0.273 e. The van der Waals surface area contributed by atoms with E-state index in [2.05, 4.69) is 10.5 Å². The van der Waals surface area contributed by atoms with E-state index in [1.165, 1.54) is 44.9 Å². The molecule has 0 aliphatic heterocycles. The van der Waals surface area contributed by atoms with Crippen molar-refractivity contribution >= 4 is 12.1 Å². The second kappa shape index (κ2) is 5.41. The minimum Gasteiger partial charge on any atom is -0.273 e. The number of amides is 1. The lowest BCUT2D eigenvalue weighted by Gasteiger charge is -2.20. The number of hydrogen-bond acceptors (Lipinski definition) is 2. The molecule has 3 aliphatic carbocycles. The van der Waals surface area contributed by atoms with Crippen LogP contribution in [0, 0.1) is 23.7 Å². The van der Waals surface area contributed by atoms with Gasteiger partial charge < -0.3 is 0 Å². The highest BCUT2D eigenvalue weighted by Crippen LogP contribution is 2.47. The second-order valence-corrected chi connectivity index (χ2v) is 6.43. The molecule has 3 aliphatic rings. The number of carbonyl (C=O) groups is 1. The van der Waals surface area contributed by atoms with Crippen molar-refractivity contribution in [1.29, 1.82) is 0 Å². The maximum absolute atomic E-state index is 11.9. The van der Waals surface area contributed by atoms with E-state index < -0.39 is 0 Å². The number of nitrogens with zero attached hydrogens (tertiary/aromatic N) is 1. The summed E-state index contributed by atoms with van der Waals surface area (Å²) in [6, 6.07) is 0. The fourth-order valence-corrected chi connectivity index (χ4v) is 4.13. The minimum atomic E-state index is 0.147. The Balaban J connectivity index is 1.44. The smallest absolute Gasteiger partial charge is 0.243 e. The average molecular weight is 248 g/mol. The Bertz CT molecular complexity index is 333. The molecule has 0 saturated heterocycles. The predicted octanol–water partition coefficient (Wildman–Crippen LogP) is 3.10. The third kappa shape index (κ3) is 2.60. The topological polar surface area (TPSA) is 41.5 Å². The summed E-state index contributed by atoms with van der Waals surface area (Å²) in [4.78, 5) is 11.9. The van der Waals surface area contributed by atoms with Gasteiger partial charge in [0.1, 0.15) is 0 Å². The fraction of sp³-hybridized carbons (Fsp3) is 0.867. The Morgan fingerprint density at radius 3 is 2.56 bits per heavy atom. The molecular formula is C15H24N2O. The van der Waals surface area contributed by atoms with Gasteiger partial charge in [0.05, 0.1) is 0 Å². The zero-order valence-corrected chi connectivity index (χ0v) is 11.1. The summed E-state index contributed by atoms with van der Waals surface area (Å²) in [6.07, 6.45) is 13.3. The Morgan fingerprint density at radius 2 is 1.89 bits per heavy atom. The maximum Gasteiger partial charge on any atom is 0.243 e. The molecule has 0 unspecified atom stereocenters. The molecule has 3 rings (SSSR count). The molecule has 3 nitrogen and oxygen atoms in total. The fourth-order valence-electron chi connectivity index (χ4n) is 4.13. The highest BCUT2D eigenvalue weighted by molar-refractivity contribution is 5.79. The van der Waals surface area contributed by atoms with Gasteiger partial charge in [0.25, 0.3) is 0 Å². The van der Waals surface area contributed by atoms with Crippen molar-refractivity contribution in [1.82, 2.24) is 5.43 Å². The van der Waals surface area contributed by atoms with Crippen LogP contribution < -0.4 is 5.43 Å². The van der Waals surface area contributed by atoms with E-state index in [9.17, 15) is 4.79 Å². The lowest BCUT2D eigenvalue weighted by molar-refractivity contribution is -0.125. The third-order valence-electron chi connectivity index (χ3n) is 5.21. The Hall–Kier alpha value is -0.860. The summed E-state index contributed by atoms with van der Waals surface area (Å²) in [6.45, 7) is 0. The van der Waals surface area contributed by atoms with Crippen LogP contribution in [0.5, 0.6) is 0 Å². The summed E-state index contributed by atoms with van der Waals surface area (Å²) in [5.41, 5.74) is 2.77. The van der Waals surface area contributed by atoms with E-state index >= 15 is 0 Å². The first-order chi connectivity index (χ1) is 8.83. The van der Waals surface area contributed by atoms with E-state index in [1.54, 1.807) is 0 Å². The molecule has 0 spiro atoms. The SMILES string of the molecule is O=C(N/N=C\[C@@H]1C[C@@H]2CC[C@@H]1C2)C1CCCCC1. The number of hydrazone groups is 1. The first-order valence-electron chi connectivity index (χ1n) is 7.66. The van der Waals surface area contributed by atoms with Gasteiger partial charge in [-0.15, -0.1) is 0 Å². The minimum absolute atomic E-state index is 0.147. The Morgan fingerprint density at radius 1 is 1.06 bits per heavy atom. The van der Waals surface area contributed by atoms with Gasteiger partial charge in [-0.2, -0.15) is 5.10 Å². The quantitative estimate of drug-likeness (QED) is 0.605. The molecule has 1 amide bonds. The van der Waals surface area contributed by atoms with Gasteiger partial charge in [-0.1, -0.05) is 25.7 Å². The van der Waals surface area contributed by atoms with Crippen LogP contribution in [0.15, 0.2) is 5.10 Å². The Labute approximate surface area is 109 Å². The standard InChI is InChI=1S/C15H24N2O/c18-15(12-4-2-1-3-5-12)17-16-10-14-9-11-6-7-13(14)8-11/h10-14H,1-9H2,(H,17,18)/b16-10-/t11-,13-,14+/m1/s1.